The van der Waals surface area contributed by atoms with Crippen molar-refractivity contribution < 1.29 is 4.42 Å². The van der Waals surface area contributed by atoms with Gasteiger partial charge < -0.3 is 9.73 Å². The first-order chi connectivity index (χ1) is 9.81. The molecule has 2 heterocycles. The summed E-state index contributed by atoms with van der Waals surface area (Å²) in [6, 6.07) is 12.0. The first-order valence-corrected chi connectivity index (χ1v) is 6.94. The fourth-order valence-electron chi connectivity index (χ4n) is 1.81. The Hall–Kier alpha value is -2.14. The molecule has 0 aliphatic heterocycles. The molecule has 5 heteroatoms. The van der Waals surface area contributed by atoms with Crippen molar-refractivity contribution in [3.05, 3.63) is 65.4 Å². The highest BCUT2D eigenvalue weighted by molar-refractivity contribution is 9.10. The van der Waals surface area contributed by atoms with E-state index in [0.717, 1.165) is 27.2 Å². The van der Waals surface area contributed by atoms with Crippen LogP contribution in [0.5, 0.6) is 0 Å². The number of hydrogen-bond acceptors (Lipinski definition) is 4. The van der Waals surface area contributed by atoms with Crippen LogP contribution in [-0.2, 0) is 6.54 Å². The molecule has 0 amide bonds. The zero-order valence-electron chi connectivity index (χ0n) is 10.6. The van der Waals surface area contributed by atoms with Crippen molar-refractivity contribution >= 4 is 21.6 Å². The summed E-state index contributed by atoms with van der Waals surface area (Å²) in [5, 5.41) is 3.33. The lowest BCUT2D eigenvalue weighted by Gasteiger charge is -2.06. The number of nitrogens with zero attached hydrogens (tertiary/aromatic N) is 2. The van der Waals surface area contributed by atoms with E-state index in [9.17, 15) is 0 Å². The Bertz CT molecular complexity index is 663. The Morgan fingerprint density at radius 1 is 1.05 bits per heavy atom. The van der Waals surface area contributed by atoms with Crippen LogP contribution < -0.4 is 5.32 Å². The fourth-order valence-corrected chi connectivity index (χ4v) is 2.05. The summed E-state index contributed by atoms with van der Waals surface area (Å²) in [5.74, 6) is 0.770. The molecule has 0 saturated carbocycles. The molecule has 4 nitrogen and oxygen atoms in total. The SMILES string of the molecule is Brc1ccc(CNc2ccc(-c3cnco3)cc2)nc1. The zero-order chi connectivity index (χ0) is 13.8. The van der Waals surface area contributed by atoms with E-state index in [-0.39, 0.29) is 0 Å². The van der Waals surface area contributed by atoms with Crippen molar-refractivity contribution in [2.45, 2.75) is 6.54 Å². The monoisotopic (exact) mass is 329 g/mol. The van der Waals surface area contributed by atoms with E-state index in [2.05, 4.69) is 31.2 Å². The summed E-state index contributed by atoms with van der Waals surface area (Å²) >= 11 is 3.37. The highest BCUT2D eigenvalue weighted by atomic mass is 79.9. The van der Waals surface area contributed by atoms with Gasteiger partial charge in [-0.15, -0.1) is 0 Å². The normalized spacial score (nSPS) is 10.4. The van der Waals surface area contributed by atoms with E-state index in [0.29, 0.717) is 6.54 Å². The minimum absolute atomic E-state index is 0.689. The van der Waals surface area contributed by atoms with Gasteiger partial charge in [0.15, 0.2) is 12.2 Å². The van der Waals surface area contributed by atoms with Crippen molar-refractivity contribution in [3.63, 3.8) is 0 Å². The maximum atomic E-state index is 5.25. The quantitative estimate of drug-likeness (QED) is 0.782. The summed E-state index contributed by atoms with van der Waals surface area (Å²) < 4.78 is 6.24. The second kappa shape index (κ2) is 5.88. The number of nitrogens with one attached hydrogen (secondary N) is 1. The van der Waals surface area contributed by atoms with Crippen molar-refractivity contribution in [1.82, 2.24) is 9.97 Å². The first-order valence-electron chi connectivity index (χ1n) is 6.14. The molecule has 20 heavy (non-hydrogen) atoms. The number of hydrogen-bond donors (Lipinski definition) is 1. The fraction of sp³-hybridized carbons (Fsp3) is 0.0667. The molecule has 0 radical (unpaired) electrons. The highest BCUT2D eigenvalue weighted by Gasteiger charge is 2.01. The number of benzene rings is 1. The summed E-state index contributed by atoms with van der Waals surface area (Å²) in [4.78, 5) is 8.23. The van der Waals surface area contributed by atoms with Crippen LogP contribution in [0.1, 0.15) is 5.69 Å². The largest absolute Gasteiger partial charge is 0.444 e. The number of halogens is 1. The topological polar surface area (TPSA) is 51.0 Å². The van der Waals surface area contributed by atoms with Crippen LogP contribution in [0.4, 0.5) is 5.69 Å². The molecule has 3 aromatic rings. The molecule has 0 aliphatic carbocycles. The highest BCUT2D eigenvalue weighted by Crippen LogP contribution is 2.21. The summed E-state index contributed by atoms with van der Waals surface area (Å²) in [6.07, 6.45) is 4.93. The first kappa shape index (κ1) is 12.9. The predicted octanol–water partition coefficient (Wildman–Crippen LogP) is 4.11. The lowest BCUT2D eigenvalue weighted by Crippen LogP contribution is -2.00. The van der Waals surface area contributed by atoms with Gasteiger partial charge in [0, 0.05) is 21.9 Å². The summed E-state index contributed by atoms with van der Waals surface area (Å²) in [7, 11) is 0. The average Bonchev–Trinajstić information content (AvgIpc) is 3.01. The molecular formula is C15H12BrN3O. The summed E-state index contributed by atoms with van der Waals surface area (Å²) in [5.41, 5.74) is 3.04. The van der Waals surface area contributed by atoms with Gasteiger partial charge in [-0.05, 0) is 52.3 Å². The van der Waals surface area contributed by atoms with Gasteiger partial charge in [0.05, 0.1) is 18.4 Å². The minimum atomic E-state index is 0.689. The second-order valence-electron chi connectivity index (χ2n) is 4.26. The van der Waals surface area contributed by atoms with E-state index >= 15 is 0 Å². The van der Waals surface area contributed by atoms with Crippen LogP contribution in [0.15, 0.2) is 64.1 Å². The predicted molar refractivity (Wildman–Crippen MR) is 81.2 cm³/mol. The third kappa shape index (κ3) is 3.05. The maximum Gasteiger partial charge on any atom is 0.181 e. The van der Waals surface area contributed by atoms with Crippen molar-refractivity contribution in [1.29, 1.82) is 0 Å². The van der Waals surface area contributed by atoms with Crippen LogP contribution in [0, 0.1) is 0 Å². The van der Waals surface area contributed by atoms with Gasteiger partial charge in [0.25, 0.3) is 0 Å². The average molecular weight is 330 g/mol. The van der Waals surface area contributed by atoms with Crippen LogP contribution in [0.3, 0.4) is 0 Å². The van der Waals surface area contributed by atoms with Gasteiger partial charge in [-0.2, -0.15) is 0 Å². The Morgan fingerprint density at radius 2 is 1.90 bits per heavy atom. The van der Waals surface area contributed by atoms with Gasteiger partial charge in [0.1, 0.15) is 0 Å². The molecule has 0 spiro atoms. The molecule has 0 saturated heterocycles. The number of anilines is 1. The summed E-state index contributed by atoms with van der Waals surface area (Å²) in [6.45, 7) is 0.689. The van der Waals surface area contributed by atoms with E-state index in [1.165, 1.54) is 6.39 Å². The molecule has 2 aromatic heterocycles. The lowest BCUT2D eigenvalue weighted by atomic mass is 10.1. The molecule has 1 N–H and O–H groups in total. The zero-order valence-corrected chi connectivity index (χ0v) is 12.2. The standard InChI is InChI=1S/C15H12BrN3O/c16-12-3-6-14(18-7-12)8-19-13-4-1-11(2-5-13)15-9-17-10-20-15/h1-7,9-10,19H,8H2. The number of pyridine rings is 1. The molecule has 3 rings (SSSR count). The molecule has 0 bridgehead atoms. The smallest absolute Gasteiger partial charge is 0.181 e. The van der Waals surface area contributed by atoms with Crippen LogP contribution in [0.25, 0.3) is 11.3 Å². The van der Waals surface area contributed by atoms with Crippen molar-refractivity contribution in [2.75, 3.05) is 5.32 Å². The number of oxazole rings is 1. The molecule has 0 fully saturated rings. The molecule has 100 valence electrons. The number of rotatable bonds is 4. The van der Waals surface area contributed by atoms with Crippen LogP contribution >= 0.6 is 15.9 Å². The van der Waals surface area contributed by atoms with E-state index < -0.39 is 0 Å². The third-order valence-corrected chi connectivity index (χ3v) is 3.33. The van der Waals surface area contributed by atoms with Gasteiger partial charge in [0.2, 0.25) is 0 Å². The van der Waals surface area contributed by atoms with E-state index in [1.54, 1.807) is 12.4 Å². The Balaban J connectivity index is 1.65. The van der Waals surface area contributed by atoms with Gasteiger partial charge in [-0.25, -0.2) is 4.98 Å². The minimum Gasteiger partial charge on any atom is -0.444 e. The van der Waals surface area contributed by atoms with E-state index in [4.69, 9.17) is 4.42 Å². The molecule has 0 unspecified atom stereocenters. The lowest BCUT2D eigenvalue weighted by molar-refractivity contribution is 0.572. The molecule has 0 aliphatic rings. The Kier molecular flexibility index (Phi) is 3.78. The van der Waals surface area contributed by atoms with E-state index in [1.807, 2.05) is 36.4 Å². The number of aromatic nitrogens is 2. The molecule has 1 aromatic carbocycles. The molecular weight excluding hydrogens is 318 g/mol. The van der Waals surface area contributed by atoms with Crippen LogP contribution in [-0.4, -0.2) is 9.97 Å². The van der Waals surface area contributed by atoms with Crippen molar-refractivity contribution in [2.24, 2.45) is 0 Å². The maximum absolute atomic E-state index is 5.25. The second-order valence-corrected chi connectivity index (χ2v) is 5.18. The Labute approximate surface area is 125 Å². The third-order valence-electron chi connectivity index (χ3n) is 2.86. The molecule has 0 atom stereocenters. The van der Waals surface area contributed by atoms with Gasteiger partial charge in [-0.3, -0.25) is 4.98 Å². The van der Waals surface area contributed by atoms with Crippen molar-refractivity contribution in [3.8, 4) is 11.3 Å². The van der Waals surface area contributed by atoms with Gasteiger partial charge in [-0.1, -0.05) is 0 Å². The Morgan fingerprint density at radius 3 is 2.55 bits per heavy atom. The van der Waals surface area contributed by atoms with Gasteiger partial charge >= 0.3 is 0 Å². The van der Waals surface area contributed by atoms with Crippen LogP contribution in [0.2, 0.25) is 0 Å².